The van der Waals surface area contributed by atoms with E-state index in [2.05, 4.69) is 9.72 Å². The first kappa shape index (κ1) is 32.2. The molecule has 2 atom stereocenters. The summed E-state index contributed by atoms with van der Waals surface area (Å²) in [6.07, 6.45) is 3.72. The van der Waals surface area contributed by atoms with Gasteiger partial charge in [-0.1, -0.05) is 29.3 Å². The third-order valence-electron chi connectivity index (χ3n) is 6.96. The number of pyridine rings is 1. The summed E-state index contributed by atoms with van der Waals surface area (Å²) in [5.74, 6) is -0.147. The number of hydrogen-bond acceptors (Lipinski definition) is 9. The number of alkyl halides is 2. The Morgan fingerprint density at radius 3 is 2.49 bits per heavy atom. The Hall–Kier alpha value is -2.16. The molecule has 1 saturated carbocycles. The van der Waals surface area contributed by atoms with E-state index in [1.165, 1.54) is 41.9 Å². The summed E-state index contributed by atoms with van der Waals surface area (Å²) in [6.45, 7) is 0.931. The third kappa shape index (κ3) is 7.56. The minimum Gasteiger partial charge on any atom is -0.489 e. The number of esters is 1. The molecule has 15 heteroatoms. The van der Waals surface area contributed by atoms with Crippen molar-refractivity contribution in [3.05, 3.63) is 67.6 Å². The summed E-state index contributed by atoms with van der Waals surface area (Å²) in [7, 11) is -3.98. The average molecular weight is 694 g/mol. The zero-order chi connectivity index (χ0) is 30.9. The fourth-order valence-corrected chi connectivity index (χ4v) is 9.74. The molecule has 2 aromatic heterocycles. The maximum Gasteiger partial charge on any atom is 0.387 e. The second-order valence-corrected chi connectivity index (χ2v) is 15.5. The Balaban J connectivity index is 1.47. The molecule has 3 aromatic rings. The van der Waals surface area contributed by atoms with Crippen LogP contribution in [0.25, 0.3) is 0 Å². The number of sulfonamides is 1. The van der Waals surface area contributed by atoms with Gasteiger partial charge in [0.25, 0.3) is 0 Å². The van der Waals surface area contributed by atoms with Crippen molar-refractivity contribution >= 4 is 62.3 Å². The Bertz CT molecular complexity index is 1580. The van der Waals surface area contributed by atoms with Crippen molar-refractivity contribution in [2.75, 3.05) is 18.9 Å². The molecule has 0 N–H and O–H groups in total. The van der Waals surface area contributed by atoms with Crippen molar-refractivity contribution in [1.82, 2.24) is 9.29 Å². The van der Waals surface area contributed by atoms with Gasteiger partial charge < -0.3 is 14.2 Å². The zero-order valence-electron chi connectivity index (χ0n) is 23.1. The van der Waals surface area contributed by atoms with Crippen LogP contribution in [-0.4, -0.2) is 54.6 Å². The highest BCUT2D eigenvalue weighted by Gasteiger charge is 2.43. The average Bonchev–Trinajstić information content (AvgIpc) is 3.50. The van der Waals surface area contributed by atoms with E-state index in [0.717, 1.165) is 33.8 Å². The van der Waals surface area contributed by atoms with E-state index < -0.39 is 34.1 Å². The molecule has 2 fully saturated rings. The first-order valence-corrected chi connectivity index (χ1v) is 17.4. The molecule has 0 amide bonds. The molecule has 1 aromatic carbocycles. The predicted octanol–water partition coefficient (Wildman–Crippen LogP) is 7.05. The summed E-state index contributed by atoms with van der Waals surface area (Å²) in [6, 6.07) is 5.89. The van der Waals surface area contributed by atoms with Gasteiger partial charge >= 0.3 is 12.6 Å². The molecule has 1 aliphatic heterocycles. The SMILES string of the molecule is Cc1cc(S(=O)(=O)N2CCS[C@H]2C(=O)O[C@@H](Cc2c(Cl)cncc2Cl)c2ccc(OC(F)F)c(OCC3CC3)c2)c(C)s1. The second kappa shape index (κ2) is 13.5. The molecule has 0 radical (unpaired) electrons. The Morgan fingerprint density at radius 1 is 1.14 bits per heavy atom. The van der Waals surface area contributed by atoms with Crippen molar-refractivity contribution in [1.29, 1.82) is 0 Å². The number of carbonyl (C=O) groups excluding carboxylic acids is 1. The summed E-state index contributed by atoms with van der Waals surface area (Å²) in [4.78, 5) is 19.3. The van der Waals surface area contributed by atoms with E-state index in [1.54, 1.807) is 13.0 Å². The molecule has 8 nitrogen and oxygen atoms in total. The number of aromatic nitrogens is 1. The number of thioether (sulfide) groups is 1. The van der Waals surface area contributed by atoms with E-state index in [-0.39, 0.29) is 39.4 Å². The minimum absolute atomic E-state index is 0.00396. The Kier molecular flexibility index (Phi) is 10.1. The number of hydrogen-bond donors (Lipinski definition) is 0. The van der Waals surface area contributed by atoms with Crippen LogP contribution in [0.4, 0.5) is 8.78 Å². The van der Waals surface area contributed by atoms with E-state index >= 15 is 0 Å². The highest BCUT2D eigenvalue weighted by atomic mass is 35.5. The van der Waals surface area contributed by atoms with Crippen LogP contribution in [0.5, 0.6) is 11.5 Å². The van der Waals surface area contributed by atoms with E-state index in [1.807, 2.05) is 6.92 Å². The van der Waals surface area contributed by atoms with Gasteiger partial charge in [-0.15, -0.1) is 23.1 Å². The van der Waals surface area contributed by atoms with Gasteiger partial charge in [0.1, 0.15) is 6.10 Å². The van der Waals surface area contributed by atoms with Crippen LogP contribution in [0.15, 0.2) is 41.6 Å². The minimum atomic E-state index is -3.98. The molecule has 232 valence electrons. The molecule has 1 aliphatic carbocycles. The Morgan fingerprint density at radius 2 is 1.86 bits per heavy atom. The van der Waals surface area contributed by atoms with E-state index in [4.69, 9.17) is 32.7 Å². The summed E-state index contributed by atoms with van der Waals surface area (Å²) in [5.41, 5.74) is 0.837. The van der Waals surface area contributed by atoms with Gasteiger partial charge in [-0.3, -0.25) is 4.98 Å². The smallest absolute Gasteiger partial charge is 0.387 e. The predicted molar refractivity (Wildman–Crippen MR) is 162 cm³/mol. The van der Waals surface area contributed by atoms with Gasteiger partial charge in [0, 0.05) is 40.9 Å². The van der Waals surface area contributed by atoms with Crippen LogP contribution in [0.1, 0.15) is 39.8 Å². The summed E-state index contributed by atoms with van der Waals surface area (Å²) < 4.78 is 71.1. The highest BCUT2D eigenvalue weighted by Crippen LogP contribution is 2.40. The number of halogens is 4. The van der Waals surface area contributed by atoms with Gasteiger partial charge in [0.2, 0.25) is 10.0 Å². The molecular weight excluding hydrogens is 665 g/mol. The lowest BCUT2D eigenvalue weighted by Gasteiger charge is -2.26. The van der Waals surface area contributed by atoms with Gasteiger partial charge in [-0.25, -0.2) is 13.2 Å². The number of nitrogens with zero attached hydrogens (tertiary/aromatic N) is 2. The quantitative estimate of drug-likeness (QED) is 0.187. The topological polar surface area (TPSA) is 95.0 Å². The largest absolute Gasteiger partial charge is 0.489 e. The maximum atomic E-state index is 13.7. The molecular formula is C28H28Cl2F2N2O6S3. The van der Waals surface area contributed by atoms with Crippen molar-refractivity contribution in [2.45, 2.75) is 56.1 Å². The van der Waals surface area contributed by atoms with Crippen molar-refractivity contribution < 1.29 is 36.2 Å². The van der Waals surface area contributed by atoms with Gasteiger partial charge in [-0.05, 0) is 61.9 Å². The van der Waals surface area contributed by atoms with Crippen LogP contribution >= 0.6 is 46.3 Å². The highest BCUT2D eigenvalue weighted by molar-refractivity contribution is 8.02. The number of benzene rings is 1. The lowest BCUT2D eigenvalue weighted by Crippen LogP contribution is -2.40. The van der Waals surface area contributed by atoms with Gasteiger partial charge in [0.15, 0.2) is 16.9 Å². The number of aryl methyl sites for hydroxylation is 2. The summed E-state index contributed by atoms with van der Waals surface area (Å²) >= 11 is 15.3. The number of thiophene rings is 1. The Labute approximate surface area is 266 Å². The fourth-order valence-electron chi connectivity index (χ4n) is 4.64. The third-order valence-corrected chi connectivity index (χ3v) is 12.0. The van der Waals surface area contributed by atoms with Crippen LogP contribution < -0.4 is 9.47 Å². The molecule has 0 bridgehead atoms. The molecule has 0 spiro atoms. The first-order chi connectivity index (χ1) is 20.4. The van der Waals surface area contributed by atoms with Crippen LogP contribution in [0, 0.1) is 19.8 Å². The summed E-state index contributed by atoms with van der Waals surface area (Å²) in [5, 5.41) is -0.666. The number of carbonyl (C=O) groups is 1. The lowest BCUT2D eigenvalue weighted by atomic mass is 10.0. The van der Waals surface area contributed by atoms with Crippen molar-refractivity contribution in [2.24, 2.45) is 5.92 Å². The normalized spacial score (nSPS) is 18.2. The van der Waals surface area contributed by atoms with E-state index in [0.29, 0.717) is 34.3 Å². The van der Waals surface area contributed by atoms with Crippen molar-refractivity contribution in [3.63, 3.8) is 0 Å². The number of rotatable bonds is 12. The molecule has 3 heterocycles. The van der Waals surface area contributed by atoms with Crippen molar-refractivity contribution in [3.8, 4) is 11.5 Å². The standard InChI is InChI=1S/C28H28Cl2F2N2O6S3/c1-15-9-25(16(2)42-15)43(36,37)34-7-8-41-26(34)27(35)39-23(11-19-20(29)12-33-13-21(19)30)18-5-6-22(40-28(31)32)24(10-18)38-14-17-3-4-17/h5-6,9-10,12-13,17,23,26,28H,3-4,7-8,11,14H2,1-2H3/t23-,26-/m0/s1. The molecule has 0 unspecified atom stereocenters. The van der Waals surface area contributed by atoms with E-state index in [9.17, 15) is 22.0 Å². The molecule has 5 rings (SSSR count). The maximum absolute atomic E-state index is 13.7. The van der Waals surface area contributed by atoms with Crippen LogP contribution in [-0.2, 0) is 26.0 Å². The monoisotopic (exact) mass is 692 g/mol. The fraction of sp³-hybridized carbons (Fsp3) is 0.429. The van der Waals surface area contributed by atoms with Crippen LogP contribution in [0.3, 0.4) is 0 Å². The van der Waals surface area contributed by atoms with Gasteiger partial charge in [0.05, 0.1) is 21.5 Å². The zero-order valence-corrected chi connectivity index (χ0v) is 27.1. The molecule has 43 heavy (non-hydrogen) atoms. The second-order valence-electron chi connectivity index (χ2n) is 10.2. The molecule has 1 saturated heterocycles. The lowest BCUT2D eigenvalue weighted by molar-refractivity contribution is -0.150. The van der Waals surface area contributed by atoms with Crippen LogP contribution in [0.2, 0.25) is 10.0 Å². The first-order valence-electron chi connectivity index (χ1n) is 13.3. The number of ether oxygens (including phenoxy) is 3. The molecule has 2 aliphatic rings. The van der Waals surface area contributed by atoms with Gasteiger partial charge in [-0.2, -0.15) is 13.1 Å².